The van der Waals surface area contributed by atoms with Gasteiger partial charge in [0.05, 0.1) is 30.7 Å². The van der Waals surface area contributed by atoms with Gasteiger partial charge in [-0.3, -0.25) is 19.4 Å². The first-order valence-electron chi connectivity index (χ1n) is 20.0. The number of halogens is 3. The molecule has 0 saturated heterocycles. The zero-order valence-corrected chi connectivity index (χ0v) is 35.0. The van der Waals surface area contributed by atoms with E-state index in [1.54, 1.807) is 49.7 Å². The van der Waals surface area contributed by atoms with E-state index in [9.17, 15) is 18.8 Å². The molecule has 1 fully saturated rings. The van der Waals surface area contributed by atoms with Gasteiger partial charge in [-0.15, -0.1) is 12.4 Å². The molecule has 1 aliphatic rings. The molecule has 7 rings (SSSR count). The minimum atomic E-state index is -1.07. The van der Waals surface area contributed by atoms with E-state index in [1.165, 1.54) is 36.0 Å². The largest absolute Gasteiger partial charge is 0.493 e. The number of nitrogens with one attached hydrogen (secondary N) is 1. The molecule has 2 aromatic heterocycles. The number of carbonyl (C=O) groups is 3. The Bertz CT molecular complexity index is 2460. The number of para-hydroxylation sites is 1. The first-order chi connectivity index (χ1) is 28.6. The molecule has 3 N–H and O–H groups in total. The van der Waals surface area contributed by atoms with Gasteiger partial charge in [0.2, 0.25) is 5.12 Å². The summed E-state index contributed by atoms with van der Waals surface area (Å²) in [4.78, 5) is 46.7. The smallest absolute Gasteiger partial charge is 0.205 e. The van der Waals surface area contributed by atoms with Crippen molar-refractivity contribution in [1.82, 2.24) is 9.97 Å². The van der Waals surface area contributed by atoms with Crippen LogP contribution in [0.25, 0.3) is 21.8 Å². The topological polar surface area (TPSA) is 134 Å². The summed E-state index contributed by atoms with van der Waals surface area (Å²) in [7, 11) is 1.55. The van der Waals surface area contributed by atoms with Crippen LogP contribution in [0.1, 0.15) is 61.6 Å². The standard InChI is InChI=1S/C47H47F2N3O6S.ClH/c1-56-42-27-35-39(28-43(42)57-21-7-3-2-4-8-22-59-46(55)37(50)26-32-29-52-38-10-6-5-9-34(32)38)51-20-17-40(35)58-41-16-13-31(23-36(41)49)25-45(54)47(18-19-47)44(53)24-30-11-14-33(48)15-12-30;/h5-6,9-17,20,23,27-29,37,52H,2-4,7-8,18-19,21-22,24-26,50H2,1H3;1H/t37-;/m0./s1. The average molecular weight is 856 g/mol. The lowest BCUT2D eigenvalue weighted by Gasteiger charge is -2.15. The number of unbranched alkanes of at least 4 members (excludes halogenated alkanes) is 4. The normalized spacial score (nSPS) is 13.4. The lowest BCUT2D eigenvalue weighted by Crippen LogP contribution is -2.30. The van der Waals surface area contributed by atoms with Crippen LogP contribution in [0.4, 0.5) is 8.78 Å². The van der Waals surface area contributed by atoms with Gasteiger partial charge in [-0.25, -0.2) is 8.78 Å². The molecule has 0 radical (unpaired) electrons. The van der Waals surface area contributed by atoms with Crippen LogP contribution in [-0.2, 0) is 33.6 Å². The number of rotatable bonds is 21. The van der Waals surface area contributed by atoms with Gasteiger partial charge in [-0.1, -0.05) is 67.4 Å². The summed E-state index contributed by atoms with van der Waals surface area (Å²) in [6.45, 7) is 0.484. The molecule has 0 bridgehead atoms. The molecule has 13 heteroatoms. The van der Waals surface area contributed by atoms with Crippen molar-refractivity contribution in [3.05, 3.63) is 126 Å². The Morgan fingerprint density at radius 3 is 2.28 bits per heavy atom. The van der Waals surface area contributed by atoms with E-state index in [0.29, 0.717) is 65.1 Å². The second kappa shape index (κ2) is 20.3. The first kappa shape index (κ1) is 44.3. The minimum absolute atomic E-state index is 0. The fourth-order valence-electron chi connectivity index (χ4n) is 7.31. The monoisotopic (exact) mass is 855 g/mol. The number of thioether (sulfide) groups is 1. The molecule has 60 heavy (non-hydrogen) atoms. The van der Waals surface area contributed by atoms with E-state index >= 15 is 4.39 Å². The fourth-order valence-corrected chi connectivity index (χ4v) is 8.16. The highest BCUT2D eigenvalue weighted by Gasteiger charge is 2.54. The van der Waals surface area contributed by atoms with Gasteiger partial charge >= 0.3 is 0 Å². The Balaban J connectivity index is 0.00000604. The second-order valence-electron chi connectivity index (χ2n) is 15.1. The van der Waals surface area contributed by atoms with E-state index in [4.69, 9.17) is 19.9 Å². The van der Waals surface area contributed by atoms with Gasteiger partial charge in [0.1, 0.15) is 11.6 Å². The number of aromatic nitrogens is 2. The maximum Gasteiger partial charge on any atom is 0.205 e. The van der Waals surface area contributed by atoms with E-state index in [1.807, 2.05) is 30.5 Å². The molecule has 0 amide bonds. The maximum absolute atomic E-state index is 15.4. The SMILES string of the molecule is COc1cc2c(Oc3ccc(CC(=O)C4(C(=O)Cc5ccc(F)cc5)CC4)cc3F)ccnc2cc1OCCCCCCCSC(=O)[C@@H](N)Cc1c[nH]c2ccccc12.Cl. The Morgan fingerprint density at radius 2 is 1.53 bits per heavy atom. The number of ketones is 2. The molecule has 314 valence electrons. The van der Waals surface area contributed by atoms with Crippen molar-refractivity contribution < 1.29 is 37.4 Å². The quantitative estimate of drug-likeness (QED) is 0.0536. The number of hydrogen-bond donors (Lipinski definition) is 2. The van der Waals surface area contributed by atoms with Crippen molar-refractivity contribution in [3.8, 4) is 23.0 Å². The molecule has 0 aliphatic heterocycles. The Kier molecular flexibility index (Phi) is 15.0. The molecule has 4 aromatic carbocycles. The number of pyridine rings is 1. The van der Waals surface area contributed by atoms with Crippen LogP contribution in [0, 0.1) is 17.0 Å². The van der Waals surface area contributed by atoms with E-state index in [2.05, 4.69) is 9.97 Å². The number of H-pyrrole nitrogens is 1. The number of hydrogen-bond acceptors (Lipinski definition) is 9. The maximum atomic E-state index is 15.4. The summed E-state index contributed by atoms with van der Waals surface area (Å²) in [5, 5.41) is 1.72. The molecule has 1 aliphatic carbocycles. The Labute approximate surface area is 358 Å². The summed E-state index contributed by atoms with van der Waals surface area (Å²) in [5.41, 5.74) is 8.93. The number of ether oxygens (including phenoxy) is 3. The van der Waals surface area contributed by atoms with Crippen LogP contribution < -0.4 is 19.9 Å². The molecule has 6 aromatic rings. The number of fused-ring (bicyclic) bond motifs is 2. The van der Waals surface area contributed by atoms with Crippen molar-refractivity contribution in [2.75, 3.05) is 19.5 Å². The Morgan fingerprint density at radius 1 is 0.817 bits per heavy atom. The summed E-state index contributed by atoms with van der Waals surface area (Å²) in [6.07, 6.45) is 9.65. The zero-order valence-electron chi connectivity index (χ0n) is 33.3. The summed E-state index contributed by atoms with van der Waals surface area (Å²) >= 11 is 1.32. The van der Waals surface area contributed by atoms with Crippen molar-refractivity contribution in [3.63, 3.8) is 0 Å². The van der Waals surface area contributed by atoms with Gasteiger partial charge in [0.25, 0.3) is 0 Å². The number of nitrogens with zero attached hydrogens (tertiary/aromatic N) is 1. The summed E-state index contributed by atoms with van der Waals surface area (Å²) in [5.74, 6) is 0.608. The number of carbonyl (C=O) groups excluding carboxylic acids is 3. The highest BCUT2D eigenvalue weighted by Crippen LogP contribution is 2.49. The molecule has 9 nitrogen and oxygen atoms in total. The van der Waals surface area contributed by atoms with Crippen LogP contribution in [0.3, 0.4) is 0 Å². The second-order valence-corrected chi connectivity index (χ2v) is 16.2. The highest BCUT2D eigenvalue weighted by molar-refractivity contribution is 8.13. The molecule has 1 atom stereocenters. The van der Waals surface area contributed by atoms with Crippen molar-refractivity contribution in [1.29, 1.82) is 0 Å². The summed E-state index contributed by atoms with van der Waals surface area (Å²) < 4.78 is 46.5. The molecule has 1 saturated carbocycles. The van der Waals surface area contributed by atoms with Gasteiger partial charge in [0, 0.05) is 53.3 Å². The van der Waals surface area contributed by atoms with Gasteiger partial charge in [-0.2, -0.15) is 0 Å². The number of methoxy groups -OCH3 is 1. The van der Waals surface area contributed by atoms with Crippen LogP contribution in [0.5, 0.6) is 23.0 Å². The molecular formula is C47H48ClF2N3O6S. The molecule has 0 unspecified atom stereocenters. The van der Waals surface area contributed by atoms with E-state index in [-0.39, 0.29) is 47.7 Å². The van der Waals surface area contributed by atoms with Crippen LogP contribution in [-0.4, -0.2) is 52.2 Å². The van der Waals surface area contributed by atoms with Gasteiger partial charge in [0.15, 0.2) is 34.6 Å². The van der Waals surface area contributed by atoms with Crippen molar-refractivity contribution in [2.45, 2.75) is 70.3 Å². The van der Waals surface area contributed by atoms with Crippen molar-refractivity contribution in [2.24, 2.45) is 11.1 Å². The third kappa shape index (κ3) is 10.7. The fraction of sp³-hybridized carbons (Fsp3) is 0.319. The van der Waals surface area contributed by atoms with Gasteiger partial charge < -0.3 is 24.9 Å². The number of nitrogens with two attached hydrogens (primary N) is 1. The van der Waals surface area contributed by atoms with Crippen molar-refractivity contribution >= 4 is 62.7 Å². The number of aromatic amines is 1. The minimum Gasteiger partial charge on any atom is -0.493 e. The molecular weight excluding hydrogens is 808 g/mol. The lowest BCUT2D eigenvalue weighted by molar-refractivity contribution is -0.133. The Hall–Kier alpha value is -5.30. The number of Topliss-reactive ketones (excluding diaryl/α,β-unsaturated/α-hetero) is 2. The van der Waals surface area contributed by atoms with Crippen LogP contribution in [0.15, 0.2) is 97.3 Å². The van der Waals surface area contributed by atoms with Crippen LogP contribution >= 0.6 is 24.2 Å². The highest BCUT2D eigenvalue weighted by atomic mass is 35.5. The predicted molar refractivity (Wildman–Crippen MR) is 234 cm³/mol. The summed E-state index contributed by atoms with van der Waals surface area (Å²) in [6, 6.07) is 22.7. The lowest BCUT2D eigenvalue weighted by atomic mass is 9.88. The third-order valence-electron chi connectivity index (χ3n) is 10.9. The molecule has 2 heterocycles. The average Bonchev–Trinajstić information content (AvgIpc) is 3.97. The number of benzene rings is 4. The predicted octanol–water partition coefficient (Wildman–Crippen LogP) is 10.1. The molecule has 0 spiro atoms. The zero-order chi connectivity index (χ0) is 41.4. The van der Waals surface area contributed by atoms with E-state index in [0.717, 1.165) is 54.3 Å². The van der Waals surface area contributed by atoms with Gasteiger partial charge in [-0.05, 0) is 91.3 Å². The third-order valence-corrected chi connectivity index (χ3v) is 12.0. The first-order valence-corrected chi connectivity index (χ1v) is 21.0. The van der Waals surface area contributed by atoms with E-state index < -0.39 is 23.1 Å². The van der Waals surface area contributed by atoms with Crippen LogP contribution in [0.2, 0.25) is 0 Å².